The normalized spacial score (nSPS) is 9.71. The lowest BCUT2D eigenvalue weighted by Crippen LogP contribution is -1.93. The van der Waals surface area contributed by atoms with Gasteiger partial charge in [0.05, 0.1) is 18.7 Å². The van der Waals surface area contributed by atoms with Crippen molar-refractivity contribution in [3.05, 3.63) is 53.8 Å². The third-order valence-corrected chi connectivity index (χ3v) is 2.51. The molecule has 0 saturated carbocycles. The fraction of sp³-hybridized carbons (Fsp3) is 0.0714. The van der Waals surface area contributed by atoms with Crippen LogP contribution in [0.15, 0.2) is 42.5 Å². The second kappa shape index (κ2) is 4.67. The van der Waals surface area contributed by atoms with Crippen molar-refractivity contribution in [2.75, 3.05) is 7.11 Å². The van der Waals surface area contributed by atoms with E-state index in [0.29, 0.717) is 16.9 Å². The van der Waals surface area contributed by atoms with Crippen LogP contribution in [-0.2, 0) is 0 Å². The number of methoxy groups -OCH3 is 1. The van der Waals surface area contributed by atoms with Gasteiger partial charge in [-0.1, -0.05) is 24.3 Å². The fourth-order valence-electron chi connectivity index (χ4n) is 1.74. The second-order valence-electron chi connectivity index (χ2n) is 3.47. The number of rotatable bonds is 2. The summed E-state index contributed by atoms with van der Waals surface area (Å²) < 4.78 is 19.0. The van der Waals surface area contributed by atoms with Crippen molar-refractivity contribution in [3.63, 3.8) is 0 Å². The molecule has 84 valence electrons. The van der Waals surface area contributed by atoms with Crippen LogP contribution in [0.5, 0.6) is 5.75 Å². The van der Waals surface area contributed by atoms with Crippen LogP contribution in [0.25, 0.3) is 11.1 Å². The lowest BCUT2D eigenvalue weighted by molar-refractivity contribution is 0.416. The highest BCUT2D eigenvalue weighted by Crippen LogP contribution is 2.33. The molecule has 2 aromatic rings. The summed E-state index contributed by atoms with van der Waals surface area (Å²) >= 11 is 0. The number of nitriles is 1. The van der Waals surface area contributed by atoms with E-state index in [0.717, 1.165) is 0 Å². The molecule has 0 aromatic heterocycles. The van der Waals surface area contributed by atoms with Crippen LogP contribution in [0.4, 0.5) is 4.39 Å². The SMILES string of the molecule is COc1ccccc1-c1c(F)cccc1C#N. The molecule has 0 aliphatic carbocycles. The molecule has 17 heavy (non-hydrogen) atoms. The number of ether oxygens (including phenoxy) is 1. The molecule has 0 atom stereocenters. The Morgan fingerprint density at radius 2 is 1.88 bits per heavy atom. The van der Waals surface area contributed by atoms with Gasteiger partial charge in [0.1, 0.15) is 11.6 Å². The van der Waals surface area contributed by atoms with Gasteiger partial charge in [0.15, 0.2) is 0 Å². The maximum atomic E-state index is 13.8. The molecule has 0 unspecified atom stereocenters. The van der Waals surface area contributed by atoms with Crippen LogP contribution in [0.2, 0.25) is 0 Å². The van der Waals surface area contributed by atoms with Gasteiger partial charge in [-0.3, -0.25) is 0 Å². The topological polar surface area (TPSA) is 33.0 Å². The molecule has 0 fully saturated rings. The summed E-state index contributed by atoms with van der Waals surface area (Å²) in [5, 5.41) is 9.01. The first-order chi connectivity index (χ1) is 8.27. The van der Waals surface area contributed by atoms with Crippen molar-refractivity contribution in [2.45, 2.75) is 0 Å². The maximum absolute atomic E-state index is 13.8. The van der Waals surface area contributed by atoms with Gasteiger partial charge in [0.2, 0.25) is 0 Å². The molecule has 0 radical (unpaired) electrons. The van der Waals surface area contributed by atoms with Crippen LogP contribution < -0.4 is 4.74 Å². The van der Waals surface area contributed by atoms with Crippen molar-refractivity contribution in [3.8, 4) is 22.9 Å². The molecule has 0 heterocycles. The highest BCUT2D eigenvalue weighted by molar-refractivity contribution is 5.76. The van der Waals surface area contributed by atoms with Gasteiger partial charge in [-0.25, -0.2) is 4.39 Å². The van der Waals surface area contributed by atoms with Gasteiger partial charge in [0.25, 0.3) is 0 Å². The minimum Gasteiger partial charge on any atom is -0.496 e. The van der Waals surface area contributed by atoms with Crippen LogP contribution in [0.3, 0.4) is 0 Å². The van der Waals surface area contributed by atoms with Gasteiger partial charge in [0, 0.05) is 11.1 Å². The molecule has 0 spiro atoms. The second-order valence-corrected chi connectivity index (χ2v) is 3.47. The molecule has 2 nitrogen and oxygen atoms in total. The van der Waals surface area contributed by atoms with Crippen molar-refractivity contribution < 1.29 is 9.13 Å². The van der Waals surface area contributed by atoms with E-state index in [1.807, 2.05) is 6.07 Å². The first-order valence-corrected chi connectivity index (χ1v) is 5.10. The van der Waals surface area contributed by atoms with Gasteiger partial charge >= 0.3 is 0 Å². The summed E-state index contributed by atoms with van der Waals surface area (Å²) in [5.74, 6) is 0.127. The summed E-state index contributed by atoms with van der Waals surface area (Å²) in [6.45, 7) is 0. The Morgan fingerprint density at radius 1 is 1.12 bits per heavy atom. The summed E-state index contributed by atoms with van der Waals surface area (Å²) in [6.07, 6.45) is 0. The molecule has 2 aromatic carbocycles. The minimum atomic E-state index is -0.423. The largest absolute Gasteiger partial charge is 0.496 e. The zero-order valence-corrected chi connectivity index (χ0v) is 9.27. The van der Waals surface area contributed by atoms with Gasteiger partial charge < -0.3 is 4.74 Å². The van der Waals surface area contributed by atoms with E-state index in [9.17, 15) is 4.39 Å². The summed E-state index contributed by atoms with van der Waals surface area (Å²) in [5.41, 5.74) is 1.17. The number of nitrogens with zero attached hydrogens (tertiary/aromatic N) is 1. The summed E-state index contributed by atoms with van der Waals surface area (Å²) in [6, 6.07) is 13.5. The highest BCUT2D eigenvalue weighted by Gasteiger charge is 2.14. The zero-order chi connectivity index (χ0) is 12.3. The standard InChI is InChI=1S/C14H10FNO/c1-17-13-8-3-2-6-11(13)14-10(9-16)5-4-7-12(14)15/h2-8H,1H3. The van der Waals surface area contributed by atoms with Crippen LogP contribution >= 0.6 is 0 Å². The van der Waals surface area contributed by atoms with Crippen molar-refractivity contribution in [1.82, 2.24) is 0 Å². The molecular weight excluding hydrogens is 217 g/mol. The molecule has 0 amide bonds. The molecular formula is C14H10FNO. The molecule has 3 heteroatoms. The third-order valence-electron chi connectivity index (χ3n) is 2.51. The number of hydrogen-bond acceptors (Lipinski definition) is 2. The molecule has 0 aliphatic rings. The Hall–Kier alpha value is -2.34. The molecule has 0 saturated heterocycles. The average molecular weight is 227 g/mol. The minimum absolute atomic E-state index is 0.285. The van der Waals surface area contributed by atoms with Crippen LogP contribution in [0.1, 0.15) is 5.56 Å². The lowest BCUT2D eigenvalue weighted by atomic mass is 9.99. The van der Waals surface area contributed by atoms with E-state index in [4.69, 9.17) is 10.00 Å². The first kappa shape index (κ1) is 11.2. The van der Waals surface area contributed by atoms with E-state index in [2.05, 4.69) is 0 Å². The first-order valence-electron chi connectivity index (χ1n) is 5.10. The molecule has 2 rings (SSSR count). The molecule has 0 N–H and O–H groups in total. The predicted octanol–water partition coefficient (Wildman–Crippen LogP) is 3.37. The Bertz CT molecular complexity index is 587. The van der Waals surface area contributed by atoms with E-state index in [1.165, 1.54) is 19.2 Å². The van der Waals surface area contributed by atoms with Crippen LogP contribution in [-0.4, -0.2) is 7.11 Å². The quantitative estimate of drug-likeness (QED) is 0.788. The van der Waals surface area contributed by atoms with Gasteiger partial charge in [-0.05, 0) is 18.2 Å². The smallest absolute Gasteiger partial charge is 0.132 e. The summed E-state index contributed by atoms with van der Waals surface area (Å²) in [7, 11) is 1.52. The fourth-order valence-corrected chi connectivity index (χ4v) is 1.74. The van der Waals surface area contributed by atoms with E-state index in [-0.39, 0.29) is 5.56 Å². The maximum Gasteiger partial charge on any atom is 0.132 e. The zero-order valence-electron chi connectivity index (χ0n) is 9.27. The summed E-state index contributed by atoms with van der Waals surface area (Å²) in [4.78, 5) is 0. The molecule has 0 aliphatic heterocycles. The van der Waals surface area contributed by atoms with Crippen molar-refractivity contribution >= 4 is 0 Å². The Balaban J connectivity index is 2.73. The number of benzene rings is 2. The lowest BCUT2D eigenvalue weighted by Gasteiger charge is -2.10. The number of halogens is 1. The monoisotopic (exact) mass is 227 g/mol. The predicted molar refractivity (Wildman–Crippen MR) is 63.1 cm³/mol. The van der Waals surface area contributed by atoms with E-state index < -0.39 is 5.82 Å². The number of hydrogen-bond donors (Lipinski definition) is 0. The van der Waals surface area contributed by atoms with Gasteiger partial charge in [-0.15, -0.1) is 0 Å². The van der Waals surface area contributed by atoms with Gasteiger partial charge in [-0.2, -0.15) is 5.26 Å². The van der Waals surface area contributed by atoms with Crippen LogP contribution in [0, 0.1) is 17.1 Å². The van der Waals surface area contributed by atoms with E-state index in [1.54, 1.807) is 30.3 Å². The third kappa shape index (κ3) is 1.98. The molecule has 0 bridgehead atoms. The van der Waals surface area contributed by atoms with Crippen molar-refractivity contribution in [2.24, 2.45) is 0 Å². The van der Waals surface area contributed by atoms with E-state index >= 15 is 0 Å². The number of para-hydroxylation sites is 1. The Kier molecular flexibility index (Phi) is 3.06. The Morgan fingerprint density at radius 3 is 2.59 bits per heavy atom. The Labute approximate surface area is 98.9 Å². The average Bonchev–Trinajstić information content (AvgIpc) is 2.38. The highest BCUT2D eigenvalue weighted by atomic mass is 19.1. The van der Waals surface area contributed by atoms with Crippen molar-refractivity contribution in [1.29, 1.82) is 5.26 Å².